The molecule has 1 unspecified atom stereocenters. The molecule has 0 radical (unpaired) electrons. The van der Waals surface area contributed by atoms with Crippen LogP contribution >= 0.6 is 11.6 Å². The number of nitrogens with two attached hydrogens (primary N) is 1. The van der Waals surface area contributed by atoms with Crippen LogP contribution in [0.2, 0.25) is 5.02 Å². The molecule has 2 aromatic carbocycles. The van der Waals surface area contributed by atoms with Gasteiger partial charge in [0, 0.05) is 11.6 Å². The number of ether oxygens (including phenoxy) is 2. The van der Waals surface area contributed by atoms with Crippen LogP contribution in [-0.4, -0.2) is 6.36 Å². The van der Waals surface area contributed by atoms with Crippen molar-refractivity contribution in [3.63, 3.8) is 0 Å². The van der Waals surface area contributed by atoms with Gasteiger partial charge in [0.1, 0.15) is 11.5 Å². The lowest BCUT2D eigenvalue weighted by atomic mass is 10.0. The SMILES string of the molecule is CC(OC(F)(F)F)c1ccc(Oc2ccc(Cl)cc2)cc1CN. The highest BCUT2D eigenvalue weighted by Gasteiger charge is 2.33. The van der Waals surface area contributed by atoms with Gasteiger partial charge < -0.3 is 10.5 Å². The number of hydrogen-bond acceptors (Lipinski definition) is 3. The third-order valence-electron chi connectivity index (χ3n) is 3.13. The molecule has 0 amide bonds. The summed E-state index contributed by atoms with van der Waals surface area (Å²) in [6, 6.07) is 11.4. The van der Waals surface area contributed by atoms with Crippen molar-refractivity contribution < 1.29 is 22.6 Å². The fraction of sp³-hybridized carbons (Fsp3) is 0.250. The van der Waals surface area contributed by atoms with Crippen LogP contribution in [0, 0.1) is 0 Å². The average molecular weight is 346 g/mol. The highest BCUT2D eigenvalue weighted by atomic mass is 35.5. The Morgan fingerprint density at radius 3 is 2.26 bits per heavy atom. The van der Waals surface area contributed by atoms with Crippen LogP contribution in [0.5, 0.6) is 11.5 Å². The predicted molar refractivity (Wildman–Crippen MR) is 81.4 cm³/mol. The van der Waals surface area contributed by atoms with E-state index in [4.69, 9.17) is 22.1 Å². The van der Waals surface area contributed by atoms with Crippen molar-refractivity contribution in [1.29, 1.82) is 0 Å². The van der Waals surface area contributed by atoms with Crippen molar-refractivity contribution in [2.45, 2.75) is 25.9 Å². The summed E-state index contributed by atoms with van der Waals surface area (Å²) in [4.78, 5) is 0. The first kappa shape index (κ1) is 17.6. The molecule has 3 nitrogen and oxygen atoms in total. The second kappa shape index (κ2) is 7.21. The first-order valence-electron chi connectivity index (χ1n) is 6.79. The zero-order valence-electron chi connectivity index (χ0n) is 12.2. The van der Waals surface area contributed by atoms with E-state index in [0.717, 1.165) is 0 Å². The molecular weight excluding hydrogens is 331 g/mol. The van der Waals surface area contributed by atoms with Crippen LogP contribution in [0.25, 0.3) is 0 Å². The van der Waals surface area contributed by atoms with Crippen LogP contribution in [-0.2, 0) is 11.3 Å². The summed E-state index contributed by atoms with van der Waals surface area (Å²) in [5.41, 5.74) is 6.51. The third kappa shape index (κ3) is 5.13. The van der Waals surface area contributed by atoms with Gasteiger partial charge in [0.25, 0.3) is 0 Å². The Morgan fingerprint density at radius 2 is 1.70 bits per heavy atom. The van der Waals surface area contributed by atoms with E-state index in [-0.39, 0.29) is 6.54 Å². The van der Waals surface area contributed by atoms with Crippen molar-refractivity contribution in [3.05, 3.63) is 58.6 Å². The molecule has 23 heavy (non-hydrogen) atoms. The number of halogens is 4. The van der Waals surface area contributed by atoms with Gasteiger partial charge in [-0.2, -0.15) is 0 Å². The number of alkyl halides is 3. The maximum Gasteiger partial charge on any atom is 0.523 e. The summed E-state index contributed by atoms with van der Waals surface area (Å²) in [5, 5.41) is 0.577. The van der Waals surface area contributed by atoms with Gasteiger partial charge in [-0.3, -0.25) is 4.74 Å². The van der Waals surface area contributed by atoms with Crippen LogP contribution < -0.4 is 10.5 Å². The Balaban J connectivity index is 2.20. The van der Waals surface area contributed by atoms with Gasteiger partial charge in [-0.25, -0.2) is 0 Å². The molecule has 124 valence electrons. The molecule has 0 spiro atoms. The predicted octanol–water partition coefficient (Wildman–Crippen LogP) is 5.19. The van der Waals surface area contributed by atoms with E-state index in [0.29, 0.717) is 27.6 Å². The van der Waals surface area contributed by atoms with E-state index in [1.807, 2.05) is 0 Å². The summed E-state index contributed by atoms with van der Waals surface area (Å²) < 4.78 is 46.7. The van der Waals surface area contributed by atoms with E-state index in [9.17, 15) is 13.2 Å². The van der Waals surface area contributed by atoms with Crippen molar-refractivity contribution in [1.82, 2.24) is 0 Å². The lowest BCUT2D eigenvalue weighted by molar-refractivity contribution is -0.342. The molecule has 0 aliphatic rings. The van der Waals surface area contributed by atoms with Gasteiger partial charge in [-0.1, -0.05) is 17.7 Å². The maximum absolute atomic E-state index is 12.3. The Bertz CT molecular complexity index is 659. The van der Waals surface area contributed by atoms with Crippen LogP contribution in [0.15, 0.2) is 42.5 Å². The first-order valence-corrected chi connectivity index (χ1v) is 7.17. The summed E-state index contributed by atoms with van der Waals surface area (Å²) in [7, 11) is 0. The highest BCUT2D eigenvalue weighted by molar-refractivity contribution is 6.30. The Morgan fingerprint density at radius 1 is 1.09 bits per heavy atom. The van der Waals surface area contributed by atoms with Crippen molar-refractivity contribution in [2.24, 2.45) is 5.73 Å². The molecule has 2 N–H and O–H groups in total. The molecule has 0 heterocycles. The summed E-state index contributed by atoms with van der Waals surface area (Å²) in [6.45, 7) is 1.39. The Hall–Kier alpha value is -1.76. The average Bonchev–Trinajstić information content (AvgIpc) is 2.47. The molecule has 2 rings (SSSR count). The smallest absolute Gasteiger partial charge is 0.457 e. The summed E-state index contributed by atoms with van der Waals surface area (Å²) >= 11 is 5.79. The lowest BCUT2D eigenvalue weighted by Crippen LogP contribution is -2.17. The molecule has 2 aromatic rings. The van der Waals surface area contributed by atoms with Crippen molar-refractivity contribution >= 4 is 11.6 Å². The van der Waals surface area contributed by atoms with E-state index >= 15 is 0 Å². The van der Waals surface area contributed by atoms with Gasteiger partial charge >= 0.3 is 6.36 Å². The van der Waals surface area contributed by atoms with Crippen LogP contribution in [0.3, 0.4) is 0 Å². The largest absolute Gasteiger partial charge is 0.523 e. The molecule has 0 aliphatic carbocycles. The molecule has 7 heteroatoms. The lowest BCUT2D eigenvalue weighted by Gasteiger charge is -2.19. The normalized spacial score (nSPS) is 13.0. The van der Waals surface area contributed by atoms with Gasteiger partial charge in [0.05, 0.1) is 6.10 Å². The van der Waals surface area contributed by atoms with Gasteiger partial charge in [-0.05, 0) is 54.4 Å². The minimum atomic E-state index is -4.70. The molecule has 0 fully saturated rings. The standard InChI is InChI=1S/C16H15ClF3NO2/c1-10(23-16(18,19)20)15-7-6-14(8-11(15)9-21)22-13-4-2-12(17)3-5-13/h2-8,10H,9,21H2,1H3. The molecule has 1 atom stereocenters. The van der Waals surface area contributed by atoms with E-state index in [1.54, 1.807) is 36.4 Å². The van der Waals surface area contributed by atoms with E-state index in [2.05, 4.69) is 4.74 Å². The highest BCUT2D eigenvalue weighted by Crippen LogP contribution is 2.32. The fourth-order valence-electron chi connectivity index (χ4n) is 2.12. The quantitative estimate of drug-likeness (QED) is 0.811. The monoisotopic (exact) mass is 345 g/mol. The molecule has 0 aromatic heterocycles. The number of hydrogen-bond donors (Lipinski definition) is 1. The molecular formula is C16H15ClF3NO2. The van der Waals surface area contributed by atoms with E-state index < -0.39 is 12.5 Å². The fourth-order valence-corrected chi connectivity index (χ4v) is 2.25. The van der Waals surface area contributed by atoms with Gasteiger partial charge in [0.2, 0.25) is 0 Å². The molecule has 0 saturated heterocycles. The Kier molecular flexibility index (Phi) is 5.51. The second-order valence-corrected chi connectivity index (χ2v) is 5.26. The minimum absolute atomic E-state index is 0.0682. The topological polar surface area (TPSA) is 44.5 Å². The zero-order chi connectivity index (χ0) is 17.0. The zero-order valence-corrected chi connectivity index (χ0v) is 13.0. The van der Waals surface area contributed by atoms with Crippen LogP contribution in [0.1, 0.15) is 24.2 Å². The maximum atomic E-state index is 12.3. The summed E-state index contributed by atoms with van der Waals surface area (Å²) in [6.07, 6.45) is -5.86. The van der Waals surface area contributed by atoms with E-state index in [1.165, 1.54) is 13.0 Å². The van der Waals surface area contributed by atoms with Gasteiger partial charge in [-0.15, -0.1) is 13.2 Å². The molecule has 0 bridgehead atoms. The van der Waals surface area contributed by atoms with Crippen molar-refractivity contribution in [3.8, 4) is 11.5 Å². The molecule has 0 saturated carbocycles. The molecule has 0 aliphatic heterocycles. The Labute approximate surface area is 136 Å². The number of rotatable bonds is 5. The van der Waals surface area contributed by atoms with Gasteiger partial charge in [0.15, 0.2) is 0 Å². The van der Waals surface area contributed by atoms with Crippen LogP contribution in [0.4, 0.5) is 13.2 Å². The minimum Gasteiger partial charge on any atom is -0.457 e. The second-order valence-electron chi connectivity index (χ2n) is 4.83. The third-order valence-corrected chi connectivity index (χ3v) is 3.38. The first-order chi connectivity index (χ1) is 10.8. The summed E-state index contributed by atoms with van der Waals surface area (Å²) in [5.74, 6) is 1.03. The van der Waals surface area contributed by atoms with Crippen molar-refractivity contribution in [2.75, 3.05) is 0 Å². The number of benzene rings is 2.